The minimum Gasteiger partial charge on any atom is -0.337 e. The number of hydrazine groups is 1. The average molecular weight is 450 g/mol. The van der Waals surface area contributed by atoms with E-state index in [1.165, 1.54) is 5.56 Å². The molecule has 4 rings (SSSR count). The van der Waals surface area contributed by atoms with Crippen molar-refractivity contribution in [3.05, 3.63) is 68.9 Å². The number of nitrogens with zero attached hydrogens (tertiary/aromatic N) is 2. The number of benzene rings is 2. The van der Waals surface area contributed by atoms with Gasteiger partial charge >= 0.3 is 0 Å². The molecule has 122 valence electrons. The van der Waals surface area contributed by atoms with Crippen molar-refractivity contribution >= 4 is 31.9 Å². The summed E-state index contributed by atoms with van der Waals surface area (Å²) in [5.41, 5.74) is 8.69. The highest BCUT2D eigenvalue weighted by Gasteiger charge is 2.30. The molecule has 2 N–H and O–H groups in total. The Balaban J connectivity index is 1.50. The number of rotatable bonds is 3. The second kappa shape index (κ2) is 6.76. The van der Waals surface area contributed by atoms with Crippen LogP contribution in [0, 0.1) is 0 Å². The first-order valence-electron chi connectivity index (χ1n) is 7.55. The Bertz CT molecular complexity index is 850. The summed E-state index contributed by atoms with van der Waals surface area (Å²) in [4.78, 5) is 4.53. The third-order valence-corrected chi connectivity index (χ3v) is 5.02. The largest absolute Gasteiger partial charge is 0.337 e. The zero-order valence-electron chi connectivity index (χ0n) is 12.5. The zero-order chi connectivity index (χ0) is 16.5. The topological polar surface area (TPSA) is 63.0 Å². The molecule has 5 nitrogen and oxygen atoms in total. The van der Waals surface area contributed by atoms with Gasteiger partial charge in [-0.1, -0.05) is 49.1 Å². The van der Waals surface area contributed by atoms with E-state index < -0.39 is 0 Å². The van der Waals surface area contributed by atoms with Crippen molar-refractivity contribution < 1.29 is 4.52 Å². The molecule has 1 saturated heterocycles. The molecule has 1 aliphatic rings. The van der Waals surface area contributed by atoms with E-state index in [9.17, 15) is 0 Å². The van der Waals surface area contributed by atoms with Crippen LogP contribution in [0.4, 0.5) is 0 Å². The van der Waals surface area contributed by atoms with Crippen molar-refractivity contribution in [1.29, 1.82) is 0 Å². The van der Waals surface area contributed by atoms with Gasteiger partial charge in [0.25, 0.3) is 0 Å². The van der Waals surface area contributed by atoms with E-state index in [4.69, 9.17) is 4.52 Å². The molecule has 2 unspecified atom stereocenters. The van der Waals surface area contributed by atoms with Crippen LogP contribution in [0.15, 0.2) is 62.0 Å². The number of halogens is 2. The Morgan fingerprint density at radius 2 is 1.75 bits per heavy atom. The molecule has 2 atom stereocenters. The summed E-state index contributed by atoms with van der Waals surface area (Å²) < 4.78 is 7.55. The number of nitrogens with one attached hydrogen (secondary N) is 2. The van der Waals surface area contributed by atoms with Gasteiger partial charge in [-0.05, 0) is 48.4 Å². The predicted octanol–water partition coefficient (Wildman–Crippen LogP) is 4.54. The molecule has 2 heterocycles. The van der Waals surface area contributed by atoms with Crippen molar-refractivity contribution in [2.45, 2.75) is 18.5 Å². The van der Waals surface area contributed by atoms with E-state index in [1.54, 1.807) is 0 Å². The van der Waals surface area contributed by atoms with E-state index in [2.05, 4.69) is 65.0 Å². The summed E-state index contributed by atoms with van der Waals surface area (Å²) in [7, 11) is 0. The van der Waals surface area contributed by atoms with Crippen LogP contribution in [0.25, 0.3) is 11.4 Å². The molecule has 2 aromatic carbocycles. The first-order valence-corrected chi connectivity index (χ1v) is 9.14. The maximum atomic E-state index is 5.46. The second-order valence-electron chi connectivity index (χ2n) is 5.65. The van der Waals surface area contributed by atoms with Crippen LogP contribution in [0.5, 0.6) is 0 Å². The Hall–Kier alpha value is -1.54. The lowest BCUT2D eigenvalue weighted by molar-refractivity contribution is 0.340. The van der Waals surface area contributed by atoms with Crippen LogP contribution in [-0.2, 0) is 0 Å². The van der Waals surface area contributed by atoms with Crippen LogP contribution in [0.1, 0.15) is 30.0 Å². The maximum absolute atomic E-state index is 5.46. The molecule has 0 saturated carbocycles. The summed E-state index contributed by atoms with van der Waals surface area (Å²) >= 11 is 6.94. The highest BCUT2D eigenvalue weighted by atomic mass is 79.9. The van der Waals surface area contributed by atoms with Crippen LogP contribution >= 0.6 is 31.9 Å². The monoisotopic (exact) mass is 448 g/mol. The number of hydrogen-bond acceptors (Lipinski definition) is 5. The minimum absolute atomic E-state index is 0.00863. The summed E-state index contributed by atoms with van der Waals surface area (Å²) in [5, 5.41) is 4.10. The van der Waals surface area contributed by atoms with E-state index in [-0.39, 0.29) is 12.1 Å². The van der Waals surface area contributed by atoms with Crippen LogP contribution < -0.4 is 10.9 Å². The van der Waals surface area contributed by atoms with Crippen molar-refractivity contribution in [2.75, 3.05) is 0 Å². The maximum Gasteiger partial charge on any atom is 0.245 e. The Morgan fingerprint density at radius 3 is 2.54 bits per heavy atom. The normalized spacial score (nSPS) is 20.4. The summed E-state index contributed by atoms with van der Waals surface area (Å²) in [5.74, 6) is 1.20. The molecule has 0 amide bonds. The van der Waals surface area contributed by atoms with E-state index in [1.807, 2.05) is 36.4 Å². The third kappa shape index (κ3) is 3.30. The predicted molar refractivity (Wildman–Crippen MR) is 97.9 cm³/mol. The molecule has 1 aromatic heterocycles. The molecule has 0 radical (unpaired) electrons. The highest BCUT2D eigenvalue weighted by molar-refractivity contribution is 9.10. The van der Waals surface area contributed by atoms with E-state index >= 15 is 0 Å². The van der Waals surface area contributed by atoms with Gasteiger partial charge in [-0.3, -0.25) is 0 Å². The smallest absolute Gasteiger partial charge is 0.245 e. The molecule has 3 aromatic rings. The fraction of sp³-hybridized carbons (Fsp3) is 0.176. The first kappa shape index (κ1) is 16.0. The van der Waals surface area contributed by atoms with Crippen molar-refractivity contribution in [1.82, 2.24) is 21.0 Å². The van der Waals surface area contributed by atoms with E-state index in [0.29, 0.717) is 11.7 Å². The lowest BCUT2D eigenvalue weighted by atomic mass is 10.0. The molecule has 24 heavy (non-hydrogen) atoms. The summed E-state index contributed by atoms with van der Waals surface area (Å²) in [6, 6.07) is 16.3. The van der Waals surface area contributed by atoms with Crippen molar-refractivity contribution in [2.24, 2.45) is 0 Å². The van der Waals surface area contributed by atoms with Gasteiger partial charge in [-0.25, -0.2) is 10.9 Å². The summed E-state index contributed by atoms with van der Waals surface area (Å²) in [6.45, 7) is 0. The van der Waals surface area contributed by atoms with Gasteiger partial charge in [0, 0.05) is 20.6 Å². The van der Waals surface area contributed by atoms with Gasteiger partial charge in [-0.15, -0.1) is 0 Å². The average Bonchev–Trinajstić information content (AvgIpc) is 3.25. The Morgan fingerprint density at radius 1 is 0.958 bits per heavy atom. The number of aromatic nitrogens is 2. The third-order valence-electron chi connectivity index (χ3n) is 4.00. The SMILES string of the molecule is Brc1ccc(-c2noc(C3CC(c4cccc(Br)c4)NN3)n2)cc1. The van der Waals surface area contributed by atoms with Gasteiger partial charge < -0.3 is 4.52 Å². The molecule has 0 aliphatic carbocycles. The molecule has 0 spiro atoms. The summed E-state index contributed by atoms with van der Waals surface area (Å²) in [6.07, 6.45) is 0.846. The molecular weight excluding hydrogens is 436 g/mol. The Labute approximate surface area is 156 Å². The minimum atomic E-state index is -0.00863. The quantitative estimate of drug-likeness (QED) is 0.614. The standard InChI is InChI=1S/C17H14Br2N4O/c18-12-6-4-10(5-7-12)16-20-17(24-23-16)15-9-14(21-22-15)11-2-1-3-13(19)8-11/h1-8,14-15,21-22H,9H2. The fourth-order valence-corrected chi connectivity index (χ4v) is 3.43. The lowest BCUT2D eigenvalue weighted by Crippen LogP contribution is -2.26. The molecule has 0 bridgehead atoms. The van der Waals surface area contributed by atoms with Gasteiger partial charge in [0.1, 0.15) is 6.04 Å². The van der Waals surface area contributed by atoms with Gasteiger partial charge in [0.05, 0.1) is 0 Å². The molecule has 1 aliphatic heterocycles. The van der Waals surface area contributed by atoms with Crippen LogP contribution in [0.3, 0.4) is 0 Å². The van der Waals surface area contributed by atoms with Gasteiger partial charge in [0.15, 0.2) is 0 Å². The zero-order valence-corrected chi connectivity index (χ0v) is 15.7. The number of hydrogen-bond donors (Lipinski definition) is 2. The van der Waals surface area contributed by atoms with Gasteiger partial charge in [0.2, 0.25) is 11.7 Å². The highest BCUT2D eigenvalue weighted by Crippen LogP contribution is 2.32. The Kier molecular flexibility index (Phi) is 4.49. The van der Waals surface area contributed by atoms with Gasteiger partial charge in [-0.2, -0.15) is 4.98 Å². The fourth-order valence-electron chi connectivity index (χ4n) is 2.75. The van der Waals surface area contributed by atoms with Crippen LogP contribution in [-0.4, -0.2) is 10.1 Å². The second-order valence-corrected chi connectivity index (χ2v) is 7.48. The first-order chi connectivity index (χ1) is 11.7. The molecule has 7 heteroatoms. The van der Waals surface area contributed by atoms with Crippen molar-refractivity contribution in [3.63, 3.8) is 0 Å². The lowest BCUT2D eigenvalue weighted by Gasteiger charge is -2.09. The van der Waals surface area contributed by atoms with E-state index in [0.717, 1.165) is 20.9 Å². The molecular formula is C17H14Br2N4O. The van der Waals surface area contributed by atoms with Crippen molar-refractivity contribution in [3.8, 4) is 11.4 Å². The van der Waals surface area contributed by atoms with Crippen LogP contribution in [0.2, 0.25) is 0 Å². The molecule has 1 fully saturated rings.